The van der Waals surface area contributed by atoms with E-state index in [0.29, 0.717) is 0 Å². The molecule has 0 saturated carbocycles. The van der Waals surface area contributed by atoms with Gasteiger partial charge in [-0.25, -0.2) is 0 Å². The predicted molar refractivity (Wildman–Crippen MR) is 72.1 cm³/mol. The number of hydrogen-bond acceptors (Lipinski definition) is 3. The lowest BCUT2D eigenvalue weighted by molar-refractivity contribution is 0.410. The van der Waals surface area contributed by atoms with Crippen molar-refractivity contribution in [2.75, 3.05) is 13.2 Å². The van der Waals surface area contributed by atoms with E-state index in [9.17, 15) is 0 Å². The molecule has 0 bridgehead atoms. The molecule has 1 aromatic heterocycles. The van der Waals surface area contributed by atoms with E-state index in [1.165, 1.54) is 11.1 Å². The summed E-state index contributed by atoms with van der Waals surface area (Å²) in [5.74, 6) is 0. The van der Waals surface area contributed by atoms with Crippen molar-refractivity contribution in [1.82, 2.24) is 15.6 Å². The highest BCUT2D eigenvalue weighted by atomic mass is 15.2. The number of pyridine rings is 1. The topological polar surface area (TPSA) is 37.0 Å². The zero-order chi connectivity index (χ0) is 12.3. The molecule has 3 rings (SSSR count). The fourth-order valence-corrected chi connectivity index (χ4v) is 2.59. The summed E-state index contributed by atoms with van der Waals surface area (Å²) in [6.45, 7) is 1.79. The normalized spacial score (nSPS) is 23.1. The van der Waals surface area contributed by atoms with E-state index in [4.69, 9.17) is 0 Å². The summed E-state index contributed by atoms with van der Waals surface area (Å²) in [6, 6.07) is 14.7. The molecule has 3 heteroatoms. The van der Waals surface area contributed by atoms with E-state index in [0.717, 1.165) is 19.6 Å². The van der Waals surface area contributed by atoms with E-state index in [1.54, 1.807) is 0 Å². The van der Waals surface area contributed by atoms with Gasteiger partial charge in [0.05, 0.1) is 5.54 Å². The Hall–Kier alpha value is -1.71. The molecule has 1 fully saturated rings. The van der Waals surface area contributed by atoms with Gasteiger partial charge in [-0.1, -0.05) is 36.4 Å². The van der Waals surface area contributed by atoms with Gasteiger partial charge >= 0.3 is 0 Å². The largest absolute Gasteiger partial charge is 0.302 e. The molecule has 2 aromatic rings. The summed E-state index contributed by atoms with van der Waals surface area (Å²) in [7, 11) is 0. The van der Waals surface area contributed by atoms with Gasteiger partial charge in [0, 0.05) is 25.6 Å². The highest BCUT2D eigenvalue weighted by Crippen LogP contribution is 2.26. The zero-order valence-corrected chi connectivity index (χ0v) is 10.3. The first kappa shape index (κ1) is 11.4. The molecule has 0 amide bonds. The van der Waals surface area contributed by atoms with Gasteiger partial charge in [-0.2, -0.15) is 0 Å². The maximum Gasteiger partial charge on any atom is 0.0627 e. The summed E-state index contributed by atoms with van der Waals surface area (Å²) in [5.41, 5.74) is 2.56. The lowest BCUT2D eigenvalue weighted by atomic mass is 9.85. The highest BCUT2D eigenvalue weighted by Gasteiger charge is 2.35. The van der Waals surface area contributed by atoms with Gasteiger partial charge in [-0.3, -0.25) is 10.3 Å². The van der Waals surface area contributed by atoms with Crippen LogP contribution in [-0.4, -0.2) is 18.2 Å². The van der Waals surface area contributed by atoms with Crippen molar-refractivity contribution in [2.45, 2.75) is 12.0 Å². The van der Waals surface area contributed by atoms with Crippen LogP contribution in [0.3, 0.4) is 0 Å². The third-order valence-electron chi connectivity index (χ3n) is 3.54. The molecular weight excluding hydrogens is 222 g/mol. The third kappa shape index (κ3) is 2.15. The van der Waals surface area contributed by atoms with Gasteiger partial charge in [-0.15, -0.1) is 0 Å². The van der Waals surface area contributed by atoms with Crippen LogP contribution in [0, 0.1) is 0 Å². The second-order valence-corrected chi connectivity index (χ2v) is 4.77. The quantitative estimate of drug-likeness (QED) is 0.855. The van der Waals surface area contributed by atoms with E-state index in [1.807, 2.05) is 18.5 Å². The van der Waals surface area contributed by atoms with Crippen molar-refractivity contribution >= 4 is 0 Å². The molecule has 92 valence electrons. The Morgan fingerprint density at radius 3 is 2.67 bits per heavy atom. The van der Waals surface area contributed by atoms with E-state index >= 15 is 0 Å². The van der Waals surface area contributed by atoms with Crippen LogP contribution in [-0.2, 0) is 12.0 Å². The average molecular weight is 239 g/mol. The molecule has 0 aliphatic carbocycles. The van der Waals surface area contributed by atoms with Crippen molar-refractivity contribution in [3.8, 4) is 0 Å². The molecule has 1 saturated heterocycles. The van der Waals surface area contributed by atoms with Crippen LogP contribution in [0.1, 0.15) is 11.1 Å². The third-order valence-corrected chi connectivity index (χ3v) is 3.54. The Labute approximate surface area is 107 Å². The van der Waals surface area contributed by atoms with E-state index in [-0.39, 0.29) is 5.54 Å². The maximum atomic E-state index is 4.25. The van der Waals surface area contributed by atoms with Crippen LogP contribution in [0.4, 0.5) is 0 Å². The van der Waals surface area contributed by atoms with Crippen LogP contribution < -0.4 is 10.6 Å². The summed E-state index contributed by atoms with van der Waals surface area (Å²) < 4.78 is 0. The Bertz CT molecular complexity index is 490. The first-order valence-electron chi connectivity index (χ1n) is 6.29. The molecule has 1 aliphatic rings. The molecule has 1 aliphatic heterocycles. The summed E-state index contributed by atoms with van der Waals surface area (Å²) >= 11 is 0. The Morgan fingerprint density at radius 2 is 2.00 bits per heavy atom. The molecule has 0 radical (unpaired) electrons. The van der Waals surface area contributed by atoms with Crippen LogP contribution in [0.2, 0.25) is 0 Å². The Morgan fingerprint density at radius 1 is 1.11 bits per heavy atom. The molecular formula is C15H17N3. The van der Waals surface area contributed by atoms with Crippen LogP contribution >= 0.6 is 0 Å². The predicted octanol–water partition coefficient (Wildman–Crippen LogP) is 1.67. The van der Waals surface area contributed by atoms with Crippen LogP contribution in [0.25, 0.3) is 0 Å². The first-order chi connectivity index (χ1) is 8.89. The minimum Gasteiger partial charge on any atom is -0.302 e. The van der Waals surface area contributed by atoms with Crippen LogP contribution in [0.15, 0.2) is 54.9 Å². The van der Waals surface area contributed by atoms with Crippen molar-refractivity contribution in [3.05, 3.63) is 66.0 Å². The minimum atomic E-state index is -0.0321. The van der Waals surface area contributed by atoms with Crippen molar-refractivity contribution in [3.63, 3.8) is 0 Å². The lowest BCUT2D eigenvalue weighted by Crippen LogP contribution is -2.41. The number of benzene rings is 1. The summed E-state index contributed by atoms with van der Waals surface area (Å²) in [5, 5.41) is 6.98. The number of aromatic nitrogens is 1. The van der Waals surface area contributed by atoms with Gasteiger partial charge in [-0.05, 0) is 23.6 Å². The van der Waals surface area contributed by atoms with Crippen molar-refractivity contribution < 1.29 is 0 Å². The fourth-order valence-electron chi connectivity index (χ4n) is 2.59. The molecule has 2 heterocycles. The second kappa shape index (κ2) is 4.88. The Balaban J connectivity index is 1.93. The lowest BCUT2D eigenvalue weighted by Gasteiger charge is -2.29. The molecule has 1 aromatic carbocycles. The monoisotopic (exact) mass is 239 g/mol. The standard InChI is InChI=1S/C15H17N3/c1-2-5-13(6-3-1)9-15(11-17-12-18-15)14-7-4-8-16-10-14/h1-8,10,17-18H,9,11-12H2. The summed E-state index contributed by atoms with van der Waals surface area (Å²) in [4.78, 5) is 4.25. The van der Waals surface area contributed by atoms with Crippen LogP contribution in [0.5, 0.6) is 0 Å². The van der Waals surface area contributed by atoms with Crippen molar-refractivity contribution in [2.24, 2.45) is 0 Å². The van der Waals surface area contributed by atoms with E-state index in [2.05, 4.69) is 52.0 Å². The van der Waals surface area contributed by atoms with Gasteiger partial charge in [0.15, 0.2) is 0 Å². The van der Waals surface area contributed by atoms with Gasteiger partial charge in [0.25, 0.3) is 0 Å². The van der Waals surface area contributed by atoms with Gasteiger partial charge < -0.3 is 5.32 Å². The summed E-state index contributed by atoms with van der Waals surface area (Å²) in [6.07, 6.45) is 4.76. The molecule has 0 spiro atoms. The molecule has 3 nitrogen and oxygen atoms in total. The number of hydrogen-bond donors (Lipinski definition) is 2. The fraction of sp³-hybridized carbons (Fsp3) is 0.267. The Kier molecular flexibility index (Phi) is 3.09. The maximum absolute atomic E-state index is 4.25. The average Bonchev–Trinajstić information content (AvgIpc) is 2.91. The SMILES string of the molecule is c1ccc(CC2(c3cccnc3)CNCN2)cc1. The number of nitrogens with zero attached hydrogens (tertiary/aromatic N) is 1. The van der Waals surface area contributed by atoms with E-state index < -0.39 is 0 Å². The number of nitrogens with one attached hydrogen (secondary N) is 2. The molecule has 1 unspecified atom stereocenters. The molecule has 18 heavy (non-hydrogen) atoms. The molecule has 1 atom stereocenters. The number of rotatable bonds is 3. The smallest absolute Gasteiger partial charge is 0.0627 e. The van der Waals surface area contributed by atoms with Gasteiger partial charge in [0.1, 0.15) is 0 Å². The van der Waals surface area contributed by atoms with Crippen molar-refractivity contribution in [1.29, 1.82) is 0 Å². The van der Waals surface area contributed by atoms with Gasteiger partial charge in [0.2, 0.25) is 0 Å². The minimum absolute atomic E-state index is 0.0321. The second-order valence-electron chi connectivity index (χ2n) is 4.77. The first-order valence-corrected chi connectivity index (χ1v) is 6.29. The molecule has 2 N–H and O–H groups in total. The highest BCUT2D eigenvalue weighted by molar-refractivity contribution is 5.28. The zero-order valence-electron chi connectivity index (χ0n) is 10.3.